The molecule has 0 aliphatic carbocycles. The van der Waals surface area contributed by atoms with Gasteiger partial charge < -0.3 is 9.80 Å². The molecule has 8 nitrogen and oxygen atoms in total. The highest BCUT2D eigenvalue weighted by atomic mass is 32.2. The molecule has 0 atom stereocenters. The van der Waals surface area contributed by atoms with E-state index < -0.39 is 19.7 Å². The Hall–Kier alpha value is -2.72. The minimum Gasteiger partial charge on any atom is -0.339 e. The van der Waals surface area contributed by atoms with E-state index >= 15 is 0 Å². The Morgan fingerprint density at radius 1 is 0.732 bits per heavy atom. The largest absolute Gasteiger partial charge is 0.339 e. The zero-order valence-electron chi connectivity index (χ0n) is 24.9. The van der Waals surface area contributed by atoms with Crippen LogP contribution < -0.4 is 0 Å². The fourth-order valence-electron chi connectivity index (χ4n) is 4.96. The second kappa shape index (κ2) is 14.0. The third-order valence-electron chi connectivity index (χ3n) is 7.92. The van der Waals surface area contributed by atoms with Gasteiger partial charge in [0.2, 0.25) is 0 Å². The molecule has 0 saturated carbocycles. The molecule has 2 heterocycles. The summed E-state index contributed by atoms with van der Waals surface area (Å²) in [5.41, 5.74) is 3.71. The predicted molar refractivity (Wildman–Crippen MR) is 164 cm³/mol. The van der Waals surface area contributed by atoms with Crippen molar-refractivity contribution in [2.45, 2.75) is 64.5 Å². The van der Waals surface area contributed by atoms with Crippen molar-refractivity contribution >= 4 is 31.5 Å². The first kappa shape index (κ1) is 32.8. The second-order valence-electron chi connectivity index (χ2n) is 11.4. The number of nitrogens with zero attached hydrogens (tertiary/aromatic N) is 2. The summed E-state index contributed by atoms with van der Waals surface area (Å²) in [4.78, 5) is 28.1. The number of amides is 2. The first-order chi connectivity index (χ1) is 19.2. The van der Waals surface area contributed by atoms with Crippen molar-refractivity contribution in [1.29, 1.82) is 0 Å². The fourth-order valence-corrected chi connectivity index (χ4v) is 7.56. The van der Waals surface area contributed by atoms with Gasteiger partial charge in [0.1, 0.15) is 0 Å². The smallest absolute Gasteiger partial charge is 0.253 e. The van der Waals surface area contributed by atoms with Crippen LogP contribution in [0.1, 0.15) is 91.1 Å². The molecule has 0 N–H and O–H groups in total. The SMILES string of the molecule is CC(C)c1ccc(C(=O)N2CCS(=O)(=O)CC2)cc1.CCS(=O)(=O)C1CCN(C(=O)c2ccc(C(C)C)cc2)CC1. The molecule has 2 aliphatic heterocycles. The topological polar surface area (TPSA) is 109 Å². The number of hydrogen-bond donors (Lipinski definition) is 0. The van der Waals surface area contributed by atoms with Gasteiger partial charge >= 0.3 is 0 Å². The van der Waals surface area contributed by atoms with Crippen molar-refractivity contribution in [3.63, 3.8) is 0 Å². The number of hydrogen-bond acceptors (Lipinski definition) is 6. The summed E-state index contributed by atoms with van der Waals surface area (Å²) in [6, 6.07) is 15.3. The van der Waals surface area contributed by atoms with Crippen molar-refractivity contribution in [1.82, 2.24) is 9.80 Å². The molecule has 10 heteroatoms. The second-order valence-corrected chi connectivity index (χ2v) is 16.3. The zero-order valence-corrected chi connectivity index (χ0v) is 26.5. The molecule has 0 unspecified atom stereocenters. The van der Waals surface area contributed by atoms with Crippen LogP contribution in [0.4, 0.5) is 0 Å². The molecule has 2 fully saturated rings. The molecule has 0 bridgehead atoms. The number of likely N-dealkylation sites (tertiary alicyclic amines) is 1. The Morgan fingerprint density at radius 2 is 1.10 bits per heavy atom. The molecule has 2 amide bonds. The number of carbonyl (C=O) groups excluding carboxylic acids is 2. The van der Waals surface area contributed by atoms with Crippen molar-refractivity contribution in [2.24, 2.45) is 0 Å². The molecule has 0 spiro atoms. The van der Waals surface area contributed by atoms with Crippen LogP contribution >= 0.6 is 0 Å². The lowest BCUT2D eigenvalue weighted by atomic mass is 10.0. The van der Waals surface area contributed by atoms with Gasteiger partial charge in [-0.3, -0.25) is 9.59 Å². The fraction of sp³-hybridized carbons (Fsp3) is 0.548. The number of sulfone groups is 2. The van der Waals surface area contributed by atoms with Crippen LogP contribution in [0, 0.1) is 0 Å². The monoisotopic (exact) mass is 604 g/mol. The molecule has 41 heavy (non-hydrogen) atoms. The molecule has 226 valence electrons. The van der Waals surface area contributed by atoms with Crippen molar-refractivity contribution in [3.8, 4) is 0 Å². The Kier molecular flexibility index (Phi) is 11.2. The minimum atomic E-state index is -2.99. The average Bonchev–Trinajstić information content (AvgIpc) is 2.97. The van der Waals surface area contributed by atoms with E-state index in [1.54, 1.807) is 16.7 Å². The molecule has 0 aromatic heterocycles. The Morgan fingerprint density at radius 3 is 1.44 bits per heavy atom. The molecular weight excluding hydrogens is 560 g/mol. The Labute approximate surface area is 246 Å². The summed E-state index contributed by atoms with van der Waals surface area (Å²) in [6.07, 6.45) is 1.10. The maximum absolute atomic E-state index is 12.5. The van der Waals surface area contributed by atoms with E-state index in [4.69, 9.17) is 0 Å². The predicted octanol–water partition coefficient (Wildman–Crippen LogP) is 4.53. The first-order valence-electron chi connectivity index (χ1n) is 14.4. The van der Waals surface area contributed by atoms with E-state index in [-0.39, 0.29) is 34.3 Å². The van der Waals surface area contributed by atoms with E-state index in [0.29, 0.717) is 62.0 Å². The van der Waals surface area contributed by atoms with Gasteiger partial charge in [-0.2, -0.15) is 0 Å². The van der Waals surface area contributed by atoms with Gasteiger partial charge in [0.25, 0.3) is 11.8 Å². The summed E-state index contributed by atoms with van der Waals surface area (Å²) in [5, 5.41) is -0.287. The van der Waals surface area contributed by atoms with Crippen molar-refractivity contribution in [2.75, 3.05) is 43.4 Å². The molecule has 2 aliphatic rings. The number of carbonyl (C=O) groups is 2. The molecule has 2 aromatic rings. The lowest BCUT2D eigenvalue weighted by molar-refractivity contribution is 0.0724. The van der Waals surface area contributed by atoms with Crippen LogP contribution in [0.5, 0.6) is 0 Å². The van der Waals surface area contributed by atoms with Crippen LogP contribution in [0.15, 0.2) is 48.5 Å². The number of benzene rings is 2. The molecule has 4 rings (SSSR count). The Balaban J connectivity index is 0.000000228. The van der Waals surface area contributed by atoms with Crippen molar-refractivity contribution in [3.05, 3.63) is 70.8 Å². The lowest BCUT2D eigenvalue weighted by Crippen LogP contribution is -2.43. The third-order valence-corrected chi connectivity index (χ3v) is 11.8. The Bertz CT molecular complexity index is 1380. The highest BCUT2D eigenvalue weighted by Crippen LogP contribution is 2.21. The van der Waals surface area contributed by atoms with E-state index in [2.05, 4.69) is 27.7 Å². The van der Waals surface area contributed by atoms with Gasteiger partial charge in [-0.15, -0.1) is 0 Å². The summed E-state index contributed by atoms with van der Waals surface area (Å²) in [7, 11) is -5.93. The van der Waals surface area contributed by atoms with E-state index in [1.807, 2.05) is 48.5 Å². The van der Waals surface area contributed by atoms with Gasteiger partial charge in [0.05, 0.1) is 16.8 Å². The van der Waals surface area contributed by atoms with Gasteiger partial charge in [-0.05, 0) is 60.1 Å². The van der Waals surface area contributed by atoms with E-state index in [0.717, 1.165) is 0 Å². The quantitative estimate of drug-likeness (QED) is 0.479. The van der Waals surface area contributed by atoms with Gasteiger partial charge in [0.15, 0.2) is 19.7 Å². The van der Waals surface area contributed by atoms with Gasteiger partial charge in [0, 0.05) is 43.1 Å². The lowest BCUT2D eigenvalue weighted by Gasteiger charge is -2.31. The van der Waals surface area contributed by atoms with E-state index in [9.17, 15) is 26.4 Å². The van der Waals surface area contributed by atoms with Crippen LogP contribution in [-0.4, -0.2) is 87.1 Å². The van der Waals surface area contributed by atoms with Crippen LogP contribution in [0.3, 0.4) is 0 Å². The van der Waals surface area contributed by atoms with E-state index in [1.165, 1.54) is 11.1 Å². The highest BCUT2D eigenvalue weighted by molar-refractivity contribution is 7.92. The molecule has 0 radical (unpaired) electrons. The number of rotatable bonds is 6. The molecule has 2 saturated heterocycles. The summed E-state index contributed by atoms with van der Waals surface area (Å²) in [5.74, 6) is 1.13. The van der Waals surface area contributed by atoms with Crippen LogP contribution in [0.2, 0.25) is 0 Å². The maximum Gasteiger partial charge on any atom is 0.253 e. The van der Waals surface area contributed by atoms with Crippen LogP contribution in [0.25, 0.3) is 0 Å². The summed E-state index contributed by atoms with van der Waals surface area (Å²) in [6.45, 7) is 11.8. The van der Waals surface area contributed by atoms with Crippen LogP contribution in [-0.2, 0) is 19.7 Å². The summed E-state index contributed by atoms with van der Waals surface area (Å²) < 4.78 is 46.5. The first-order valence-corrected chi connectivity index (χ1v) is 18.0. The highest BCUT2D eigenvalue weighted by Gasteiger charge is 2.30. The normalized spacial score (nSPS) is 17.7. The molecule has 2 aromatic carbocycles. The minimum absolute atomic E-state index is 0.00246. The third kappa shape index (κ3) is 8.88. The summed E-state index contributed by atoms with van der Waals surface area (Å²) >= 11 is 0. The number of piperidine rings is 1. The van der Waals surface area contributed by atoms with Gasteiger partial charge in [-0.1, -0.05) is 58.9 Å². The standard InChI is InChI=1S/C17H25NO3S.C14H19NO3S/c1-4-22(20,21)16-9-11-18(12-10-16)17(19)15-7-5-14(6-8-15)13(2)3;1-11(2)12-3-5-13(6-4-12)14(16)15-7-9-19(17,18)10-8-15/h5-8,13,16H,4,9-12H2,1-3H3;3-6,11H,7-10H2,1-2H3. The van der Waals surface area contributed by atoms with Crippen molar-refractivity contribution < 1.29 is 26.4 Å². The average molecular weight is 605 g/mol. The molecular formula is C31H44N2O6S2. The maximum atomic E-state index is 12.5. The zero-order chi connectivity index (χ0) is 30.4. The van der Waals surface area contributed by atoms with Gasteiger partial charge in [-0.25, -0.2) is 16.8 Å².